The molecule has 4 nitrogen and oxygen atoms in total. The monoisotopic (exact) mass is 364 g/mol. The molecule has 126 valence electrons. The second-order valence-corrected chi connectivity index (χ2v) is 7.21. The number of carbonyl (C=O) groups is 2. The average molecular weight is 365 g/mol. The number of carbonyl (C=O) groups excluding carboxylic acids is 2. The maximum atomic E-state index is 12.4. The van der Waals surface area contributed by atoms with Crippen LogP contribution in [0.2, 0.25) is 10.0 Å². The zero-order chi connectivity index (χ0) is 17.9. The smallest absolute Gasteiger partial charge is 0.255 e. The highest BCUT2D eigenvalue weighted by Gasteiger charge is 2.21. The van der Waals surface area contributed by atoms with E-state index in [1.807, 2.05) is 20.8 Å². The Labute approximate surface area is 151 Å². The van der Waals surface area contributed by atoms with Gasteiger partial charge in [-0.05, 0) is 36.4 Å². The van der Waals surface area contributed by atoms with Crippen molar-refractivity contribution in [1.29, 1.82) is 0 Å². The maximum absolute atomic E-state index is 12.4. The van der Waals surface area contributed by atoms with Gasteiger partial charge in [-0.15, -0.1) is 0 Å². The van der Waals surface area contributed by atoms with E-state index in [0.29, 0.717) is 27.0 Å². The van der Waals surface area contributed by atoms with Crippen LogP contribution in [0, 0.1) is 5.41 Å². The van der Waals surface area contributed by atoms with Gasteiger partial charge in [-0.25, -0.2) is 0 Å². The summed E-state index contributed by atoms with van der Waals surface area (Å²) >= 11 is 12.0. The molecular weight excluding hydrogens is 347 g/mol. The van der Waals surface area contributed by atoms with Crippen molar-refractivity contribution in [3.63, 3.8) is 0 Å². The van der Waals surface area contributed by atoms with Crippen LogP contribution in [-0.2, 0) is 4.79 Å². The largest absolute Gasteiger partial charge is 0.326 e. The highest BCUT2D eigenvalue weighted by molar-refractivity contribution is 6.35. The van der Waals surface area contributed by atoms with Gasteiger partial charge in [0.25, 0.3) is 5.91 Å². The van der Waals surface area contributed by atoms with Crippen LogP contribution in [0.5, 0.6) is 0 Å². The van der Waals surface area contributed by atoms with Gasteiger partial charge in [-0.1, -0.05) is 50.0 Å². The van der Waals surface area contributed by atoms with Crippen LogP contribution < -0.4 is 10.6 Å². The molecular formula is C18H18Cl2N2O2. The number of rotatable bonds is 3. The van der Waals surface area contributed by atoms with E-state index < -0.39 is 5.41 Å². The Morgan fingerprint density at radius 3 is 2.33 bits per heavy atom. The number of hydrogen-bond donors (Lipinski definition) is 2. The van der Waals surface area contributed by atoms with Crippen molar-refractivity contribution >= 4 is 46.4 Å². The summed E-state index contributed by atoms with van der Waals surface area (Å²) in [6.07, 6.45) is 0. The van der Waals surface area contributed by atoms with Gasteiger partial charge in [0.1, 0.15) is 0 Å². The summed E-state index contributed by atoms with van der Waals surface area (Å²) in [5.41, 5.74) is 0.864. The molecule has 0 atom stereocenters. The lowest BCUT2D eigenvalue weighted by Gasteiger charge is -2.18. The summed E-state index contributed by atoms with van der Waals surface area (Å²) in [7, 11) is 0. The van der Waals surface area contributed by atoms with Gasteiger partial charge in [0, 0.05) is 21.7 Å². The Balaban J connectivity index is 2.17. The van der Waals surface area contributed by atoms with Crippen LogP contribution in [0.3, 0.4) is 0 Å². The van der Waals surface area contributed by atoms with Gasteiger partial charge in [0.05, 0.1) is 10.7 Å². The molecule has 0 fully saturated rings. The third kappa shape index (κ3) is 4.73. The van der Waals surface area contributed by atoms with Gasteiger partial charge in [0.15, 0.2) is 0 Å². The van der Waals surface area contributed by atoms with Crippen molar-refractivity contribution in [2.24, 2.45) is 5.41 Å². The van der Waals surface area contributed by atoms with Crippen molar-refractivity contribution in [3.05, 3.63) is 58.1 Å². The third-order valence-corrected chi connectivity index (χ3v) is 3.81. The first-order chi connectivity index (χ1) is 11.2. The molecule has 0 radical (unpaired) electrons. The van der Waals surface area contributed by atoms with E-state index in [2.05, 4.69) is 10.6 Å². The van der Waals surface area contributed by atoms with Crippen LogP contribution in [0.15, 0.2) is 42.5 Å². The van der Waals surface area contributed by atoms with E-state index in [4.69, 9.17) is 23.2 Å². The van der Waals surface area contributed by atoms with Crippen LogP contribution in [0.1, 0.15) is 31.1 Å². The van der Waals surface area contributed by atoms with Crippen molar-refractivity contribution < 1.29 is 9.59 Å². The van der Waals surface area contributed by atoms with Crippen LogP contribution in [0.25, 0.3) is 0 Å². The Hall–Kier alpha value is -2.04. The Morgan fingerprint density at radius 2 is 1.67 bits per heavy atom. The number of amides is 2. The normalized spacial score (nSPS) is 11.0. The molecule has 6 heteroatoms. The van der Waals surface area contributed by atoms with Crippen molar-refractivity contribution in [3.8, 4) is 0 Å². The number of benzene rings is 2. The number of anilines is 2. The zero-order valence-electron chi connectivity index (χ0n) is 13.6. The predicted molar refractivity (Wildman–Crippen MR) is 98.9 cm³/mol. The predicted octanol–water partition coefficient (Wildman–Crippen LogP) is 5.23. The lowest BCUT2D eigenvalue weighted by Crippen LogP contribution is -2.27. The first kappa shape index (κ1) is 18.3. The fourth-order valence-electron chi connectivity index (χ4n) is 1.84. The molecule has 0 saturated heterocycles. The average Bonchev–Trinajstić information content (AvgIpc) is 2.50. The molecule has 0 bridgehead atoms. The molecule has 2 rings (SSSR count). The summed E-state index contributed by atoms with van der Waals surface area (Å²) < 4.78 is 0. The zero-order valence-corrected chi connectivity index (χ0v) is 15.1. The van der Waals surface area contributed by atoms with E-state index >= 15 is 0 Å². The number of nitrogens with one attached hydrogen (secondary N) is 2. The second kappa shape index (κ2) is 7.24. The highest BCUT2D eigenvalue weighted by atomic mass is 35.5. The molecule has 0 aliphatic carbocycles. The van der Waals surface area contributed by atoms with Crippen molar-refractivity contribution in [2.75, 3.05) is 10.6 Å². The Kier molecular flexibility index (Phi) is 5.52. The fourth-order valence-corrected chi connectivity index (χ4v) is 2.18. The van der Waals surface area contributed by atoms with E-state index in [1.165, 1.54) is 0 Å². The number of hydrogen-bond acceptors (Lipinski definition) is 2. The summed E-state index contributed by atoms with van der Waals surface area (Å²) in [5.74, 6) is -0.469. The second-order valence-electron chi connectivity index (χ2n) is 6.36. The molecule has 0 unspecified atom stereocenters. The fraction of sp³-hybridized carbons (Fsp3) is 0.222. The summed E-state index contributed by atoms with van der Waals surface area (Å²) in [6, 6.07) is 11.5. The lowest BCUT2D eigenvalue weighted by atomic mass is 9.95. The van der Waals surface area contributed by atoms with Gasteiger partial charge in [-0.2, -0.15) is 0 Å². The minimum absolute atomic E-state index is 0.127. The van der Waals surface area contributed by atoms with Gasteiger partial charge >= 0.3 is 0 Å². The molecule has 0 aliphatic heterocycles. The molecule has 0 heterocycles. The first-order valence-corrected chi connectivity index (χ1v) is 8.10. The molecule has 0 aliphatic rings. The van der Waals surface area contributed by atoms with E-state index in [9.17, 15) is 9.59 Å². The first-order valence-electron chi connectivity index (χ1n) is 7.35. The number of halogens is 2. The van der Waals surface area contributed by atoms with Crippen molar-refractivity contribution in [2.45, 2.75) is 20.8 Å². The standard InChI is InChI=1S/C18H18Cl2N2O2/c1-18(2,3)17(24)21-13-6-4-5-11(9-13)16(23)22-15-10-12(19)7-8-14(15)20/h4-10H,1-3H3,(H,21,24)(H,22,23). The molecule has 0 saturated carbocycles. The minimum Gasteiger partial charge on any atom is -0.326 e. The molecule has 2 N–H and O–H groups in total. The van der Waals surface area contributed by atoms with Gasteiger partial charge in [-0.3, -0.25) is 9.59 Å². The van der Waals surface area contributed by atoms with E-state index in [1.54, 1.807) is 42.5 Å². The molecule has 0 aromatic heterocycles. The molecule has 2 amide bonds. The Morgan fingerprint density at radius 1 is 0.958 bits per heavy atom. The van der Waals surface area contributed by atoms with Crippen LogP contribution in [0.4, 0.5) is 11.4 Å². The van der Waals surface area contributed by atoms with Crippen molar-refractivity contribution in [1.82, 2.24) is 0 Å². The van der Waals surface area contributed by atoms with Crippen LogP contribution >= 0.6 is 23.2 Å². The highest BCUT2D eigenvalue weighted by Crippen LogP contribution is 2.26. The quantitative estimate of drug-likeness (QED) is 0.782. The molecule has 24 heavy (non-hydrogen) atoms. The topological polar surface area (TPSA) is 58.2 Å². The Bertz CT molecular complexity index is 783. The SMILES string of the molecule is CC(C)(C)C(=O)Nc1cccc(C(=O)Nc2cc(Cl)ccc2Cl)c1. The molecule has 2 aromatic rings. The summed E-state index contributed by atoms with van der Waals surface area (Å²) in [5, 5.41) is 6.37. The molecule has 0 spiro atoms. The van der Waals surface area contributed by atoms with E-state index in [-0.39, 0.29) is 11.8 Å². The third-order valence-electron chi connectivity index (χ3n) is 3.24. The van der Waals surface area contributed by atoms with Gasteiger partial charge in [0.2, 0.25) is 5.91 Å². The van der Waals surface area contributed by atoms with Gasteiger partial charge < -0.3 is 10.6 Å². The summed E-state index contributed by atoms with van der Waals surface area (Å²) in [6.45, 7) is 5.46. The molecule has 2 aromatic carbocycles. The maximum Gasteiger partial charge on any atom is 0.255 e. The van der Waals surface area contributed by atoms with E-state index in [0.717, 1.165) is 0 Å². The minimum atomic E-state index is -0.521. The van der Waals surface area contributed by atoms with Crippen LogP contribution in [-0.4, -0.2) is 11.8 Å². The lowest BCUT2D eigenvalue weighted by molar-refractivity contribution is -0.123. The summed E-state index contributed by atoms with van der Waals surface area (Å²) in [4.78, 5) is 24.4.